The molecule has 35 heavy (non-hydrogen) atoms. The third-order valence-corrected chi connectivity index (χ3v) is 6.73. The Labute approximate surface area is 201 Å². The first-order chi connectivity index (χ1) is 16.9. The lowest BCUT2D eigenvalue weighted by atomic mass is 9.72. The Morgan fingerprint density at radius 1 is 0.857 bits per heavy atom. The van der Waals surface area contributed by atoms with Gasteiger partial charge < -0.3 is 14.9 Å². The normalized spacial score (nSPS) is 14.3. The van der Waals surface area contributed by atoms with E-state index in [4.69, 9.17) is 4.74 Å². The van der Waals surface area contributed by atoms with Crippen molar-refractivity contribution in [1.29, 1.82) is 0 Å². The van der Waals surface area contributed by atoms with Crippen LogP contribution in [0.25, 0.3) is 10.9 Å². The smallest absolute Gasteiger partial charge is 0.321 e. The molecule has 1 aliphatic carbocycles. The second kappa shape index (κ2) is 8.76. The van der Waals surface area contributed by atoms with E-state index < -0.39 is 17.4 Å². The third-order valence-electron chi connectivity index (χ3n) is 6.73. The standard InChI is InChI=1S/C28H23NO6/c30-25(19-10-12-20(13-11-19)35-17-18-6-2-1-3-7-18)29-23-9-5-4-8-21(23)22-16-28(26(31)32,27(33)34)15-14-24(22)29/h1-13H,14-17H2,(H,31,32)(H,33,34). The van der Waals surface area contributed by atoms with Crippen molar-refractivity contribution in [2.24, 2.45) is 5.41 Å². The second-order valence-electron chi connectivity index (χ2n) is 8.75. The van der Waals surface area contributed by atoms with E-state index in [0.29, 0.717) is 40.1 Å². The maximum Gasteiger partial charge on any atom is 0.321 e. The lowest BCUT2D eigenvalue weighted by Gasteiger charge is -2.29. The summed E-state index contributed by atoms with van der Waals surface area (Å²) in [6, 6.07) is 23.9. The van der Waals surface area contributed by atoms with Gasteiger partial charge in [-0.3, -0.25) is 19.0 Å². The fourth-order valence-corrected chi connectivity index (χ4v) is 4.79. The molecule has 0 spiro atoms. The first kappa shape index (κ1) is 22.4. The average Bonchev–Trinajstić information content (AvgIpc) is 3.21. The number of carboxylic acids is 2. The molecule has 0 unspecified atom stereocenters. The van der Waals surface area contributed by atoms with Crippen molar-refractivity contribution in [2.75, 3.05) is 0 Å². The van der Waals surface area contributed by atoms with Crippen LogP contribution in [0.2, 0.25) is 0 Å². The maximum absolute atomic E-state index is 13.6. The van der Waals surface area contributed by atoms with E-state index in [0.717, 1.165) is 5.56 Å². The highest BCUT2D eigenvalue weighted by molar-refractivity contribution is 6.05. The number of carboxylic acid groups (broad SMARTS) is 2. The van der Waals surface area contributed by atoms with Gasteiger partial charge in [0, 0.05) is 23.1 Å². The summed E-state index contributed by atoms with van der Waals surface area (Å²) in [6.45, 7) is 0.415. The molecule has 0 fully saturated rings. The molecule has 3 aromatic carbocycles. The van der Waals surface area contributed by atoms with Crippen molar-refractivity contribution in [3.05, 3.63) is 101 Å². The zero-order valence-electron chi connectivity index (χ0n) is 18.8. The zero-order valence-corrected chi connectivity index (χ0v) is 18.8. The summed E-state index contributed by atoms with van der Waals surface area (Å²) in [7, 11) is 0. The molecule has 0 aliphatic heterocycles. The number of aromatic nitrogens is 1. The molecule has 7 nitrogen and oxygen atoms in total. The Kier molecular flexibility index (Phi) is 5.61. The molecule has 0 radical (unpaired) electrons. The molecule has 0 amide bonds. The quantitative estimate of drug-likeness (QED) is 0.401. The van der Waals surface area contributed by atoms with E-state index in [1.807, 2.05) is 30.3 Å². The van der Waals surface area contributed by atoms with Gasteiger partial charge in [0.25, 0.3) is 5.91 Å². The molecule has 4 aromatic rings. The van der Waals surface area contributed by atoms with Crippen molar-refractivity contribution < 1.29 is 29.3 Å². The van der Waals surface area contributed by atoms with E-state index in [-0.39, 0.29) is 25.2 Å². The highest BCUT2D eigenvalue weighted by Gasteiger charge is 2.50. The van der Waals surface area contributed by atoms with Crippen molar-refractivity contribution in [2.45, 2.75) is 25.9 Å². The molecule has 0 atom stereocenters. The molecule has 1 aromatic heterocycles. The summed E-state index contributed by atoms with van der Waals surface area (Å²) < 4.78 is 7.41. The fraction of sp³-hybridized carbons (Fsp3) is 0.179. The average molecular weight is 469 g/mol. The van der Waals surface area contributed by atoms with Crippen LogP contribution in [0.15, 0.2) is 78.9 Å². The largest absolute Gasteiger partial charge is 0.489 e. The number of carbonyl (C=O) groups excluding carboxylic acids is 1. The molecule has 1 aliphatic rings. The van der Waals surface area contributed by atoms with E-state index in [9.17, 15) is 24.6 Å². The minimum Gasteiger partial charge on any atom is -0.489 e. The Hall–Kier alpha value is -4.39. The van der Waals surface area contributed by atoms with E-state index in [1.54, 1.807) is 53.1 Å². The Balaban J connectivity index is 1.47. The minimum atomic E-state index is -1.90. The van der Waals surface area contributed by atoms with Gasteiger partial charge in [0.05, 0.1) is 5.52 Å². The number of para-hydroxylation sites is 1. The molecule has 5 rings (SSSR count). The van der Waals surface area contributed by atoms with Gasteiger partial charge in [0.15, 0.2) is 5.41 Å². The lowest BCUT2D eigenvalue weighted by molar-refractivity contribution is -0.165. The molecular formula is C28H23NO6. The van der Waals surface area contributed by atoms with Gasteiger partial charge in [-0.1, -0.05) is 48.5 Å². The SMILES string of the molecule is O=C(c1ccc(OCc2ccccc2)cc1)n1c2c(c3ccccc31)CC(C(=O)O)(C(=O)O)CC2. The lowest BCUT2D eigenvalue weighted by Crippen LogP contribution is -2.44. The predicted octanol–water partition coefficient (Wildman–Crippen LogP) is 4.55. The number of hydrogen-bond acceptors (Lipinski definition) is 4. The number of fused-ring (bicyclic) bond motifs is 3. The third kappa shape index (κ3) is 3.85. The molecule has 2 N–H and O–H groups in total. The second-order valence-corrected chi connectivity index (χ2v) is 8.75. The number of hydrogen-bond donors (Lipinski definition) is 2. The predicted molar refractivity (Wildman–Crippen MR) is 129 cm³/mol. The molecule has 0 saturated heterocycles. The van der Waals surface area contributed by atoms with Gasteiger partial charge >= 0.3 is 11.9 Å². The van der Waals surface area contributed by atoms with Crippen LogP contribution in [0.5, 0.6) is 5.75 Å². The first-order valence-electron chi connectivity index (χ1n) is 11.3. The van der Waals surface area contributed by atoms with Crippen molar-refractivity contribution in [1.82, 2.24) is 4.57 Å². The van der Waals surface area contributed by atoms with E-state index in [2.05, 4.69) is 0 Å². The number of nitrogens with zero attached hydrogens (tertiary/aromatic N) is 1. The summed E-state index contributed by atoms with van der Waals surface area (Å²) in [5, 5.41) is 20.2. The monoisotopic (exact) mass is 469 g/mol. The minimum absolute atomic E-state index is 0.0828. The maximum atomic E-state index is 13.6. The number of aliphatic carboxylic acids is 2. The van der Waals surface area contributed by atoms with Gasteiger partial charge in [0.1, 0.15) is 12.4 Å². The highest BCUT2D eigenvalue weighted by atomic mass is 16.5. The van der Waals surface area contributed by atoms with Crippen LogP contribution in [0, 0.1) is 5.41 Å². The van der Waals surface area contributed by atoms with Crippen LogP contribution in [0.4, 0.5) is 0 Å². The van der Waals surface area contributed by atoms with Crippen molar-refractivity contribution >= 4 is 28.7 Å². The summed E-state index contributed by atoms with van der Waals surface area (Å²) in [5.74, 6) is -2.33. The van der Waals surface area contributed by atoms with Crippen molar-refractivity contribution in [3.63, 3.8) is 0 Å². The molecule has 1 heterocycles. The summed E-state index contributed by atoms with van der Waals surface area (Å²) in [5.41, 5.74) is 1.50. The zero-order chi connectivity index (χ0) is 24.6. The number of rotatable bonds is 6. The van der Waals surface area contributed by atoms with Gasteiger partial charge in [0.2, 0.25) is 0 Å². The molecule has 0 saturated carbocycles. The first-order valence-corrected chi connectivity index (χ1v) is 11.3. The van der Waals surface area contributed by atoms with E-state index in [1.165, 1.54) is 0 Å². The molecule has 176 valence electrons. The molecule has 7 heteroatoms. The summed E-state index contributed by atoms with van der Waals surface area (Å²) in [6.07, 6.45) is -0.0762. The van der Waals surface area contributed by atoms with Crippen LogP contribution in [0.3, 0.4) is 0 Å². The summed E-state index contributed by atoms with van der Waals surface area (Å²) >= 11 is 0. The van der Waals surface area contributed by atoms with Gasteiger partial charge in [-0.15, -0.1) is 0 Å². The Morgan fingerprint density at radius 3 is 2.20 bits per heavy atom. The number of ether oxygens (including phenoxy) is 1. The topological polar surface area (TPSA) is 106 Å². The van der Waals surface area contributed by atoms with Crippen LogP contribution >= 0.6 is 0 Å². The van der Waals surface area contributed by atoms with E-state index >= 15 is 0 Å². The molecule has 0 bridgehead atoms. The molecular weight excluding hydrogens is 446 g/mol. The Morgan fingerprint density at radius 2 is 1.51 bits per heavy atom. The van der Waals surface area contributed by atoms with Gasteiger partial charge in [-0.05, 0) is 54.3 Å². The van der Waals surface area contributed by atoms with Crippen LogP contribution in [-0.2, 0) is 29.0 Å². The summed E-state index contributed by atoms with van der Waals surface area (Å²) in [4.78, 5) is 37.5. The number of benzene rings is 3. The van der Waals surface area contributed by atoms with Crippen LogP contribution < -0.4 is 4.74 Å². The van der Waals surface area contributed by atoms with Gasteiger partial charge in [-0.2, -0.15) is 0 Å². The fourth-order valence-electron chi connectivity index (χ4n) is 4.79. The Bertz CT molecular complexity index is 1420. The highest BCUT2D eigenvalue weighted by Crippen LogP contribution is 2.41. The van der Waals surface area contributed by atoms with Crippen molar-refractivity contribution in [3.8, 4) is 5.75 Å². The number of carbonyl (C=O) groups is 3. The van der Waals surface area contributed by atoms with Crippen LogP contribution in [0.1, 0.15) is 33.6 Å². The van der Waals surface area contributed by atoms with Crippen LogP contribution in [-0.4, -0.2) is 32.6 Å². The van der Waals surface area contributed by atoms with Gasteiger partial charge in [-0.25, -0.2) is 0 Å².